The number of ether oxygens (including phenoxy) is 2. The lowest BCUT2D eigenvalue weighted by Gasteiger charge is -2.25. The molecule has 0 spiro atoms. The van der Waals surface area contributed by atoms with Crippen molar-refractivity contribution in [2.45, 2.75) is 26.3 Å². The van der Waals surface area contributed by atoms with E-state index in [4.69, 9.17) is 13.9 Å². The molecule has 6 nitrogen and oxygen atoms in total. The van der Waals surface area contributed by atoms with E-state index < -0.39 is 23.2 Å². The van der Waals surface area contributed by atoms with Crippen molar-refractivity contribution in [1.29, 1.82) is 0 Å². The topological polar surface area (TPSA) is 69.0 Å². The summed E-state index contributed by atoms with van der Waals surface area (Å²) in [6.07, 6.45) is 0.877. The normalized spacial score (nSPS) is 14.9. The van der Waals surface area contributed by atoms with Crippen molar-refractivity contribution in [1.82, 2.24) is 0 Å². The van der Waals surface area contributed by atoms with Crippen LogP contribution in [0.3, 0.4) is 0 Å². The maximum absolute atomic E-state index is 14.0. The molecule has 0 N–H and O–H groups in total. The van der Waals surface area contributed by atoms with Crippen LogP contribution in [0.4, 0.5) is 10.1 Å². The molecular formula is C28H24FNO5. The maximum atomic E-state index is 14.0. The van der Waals surface area contributed by atoms with E-state index in [1.54, 1.807) is 24.3 Å². The molecule has 1 unspecified atom stereocenters. The fourth-order valence-electron chi connectivity index (χ4n) is 4.36. The fraction of sp³-hybridized carbons (Fsp3) is 0.214. The quantitative estimate of drug-likeness (QED) is 0.336. The highest BCUT2D eigenvalue weighted by atomic mass is 19.1. The van der Waals surface area contributed by atoms with Crippen molar-refractivity contribution in [2.75, 3.05) is 18.1 Å². The van der Waals surface area contributed by atoms with Crippen LogP contribution in [0.15, 0.2) is 75.9 Å². The summed E-state index contributed by atoms with van der Waals surface area (Å²) in [7, 11) is 0. The minimum absolute atomic E-state index is 0.0423. The van der Waals surface area contributed by atoms with Crippen molar-refractivity contribution in [2.24, 2.45) is 0 Å². The zero-order chi connectivity index (χ0) is 24.5. The molecule has 1 amide bonds. The van der Waals surface area contributed by atoms with E-state index in [1.807, 2.05) is 38.1 Å². The smallest absolute Gasteiger partial charge is 0.295 e. The number of hydrogen-bond donors (Lipinski definition) is 0. The van der Waals surface area contributed by atoms with E-state index >= 15 is 0 Å². The molecule has 0 saturated heterocycles. The molecule has 0 radical (unpaired) electrons. The van der Waals surface area contributed by atoms with E-state index in [2.05, 4.69) is 0 Å². The third-order valence-corrected chi connectivity index (χ3v) is 5.93. The fourth-order valence-corrected chi connectivity index (χ4v) is 4.36. The molecule has 178 valence electrons. The van der Waals surface area contributed by atoms with Gasteiger partial charge in [-0.3, -0.25) is 14.5 Å². The summed E-state index contributed by atoms with van der Waals surface area (Å²) in [6.45, 7) is 5.02. The highest BCUT2D eigenvalue weighted by Crippen LogP contribution is 2.42. The molecule has 4 aromatic rings. The summed E-state index contributed by atoms with van der Waals surface area (Å²) >= 11 is 0. The SMILES string of the molecule is CCCOc1ccc(C2c3c(oc4ccc(F)cc4c3=O)C(=O)N2c2ccc(OCC)cc2)cc1. The first-order valence-corrected chi connectivity index (χ1v) is 11.6. The first-order chi connectivity index (χ1) is 17.0. The minimum Gasteiger partial charge on any atom is -0.494 e. The molecule has 1 aromatic heterocycles. The Morgan fingerprint density at radius 3 is 2.29 bits per heavy atom. The van der Waals surface area contributed by atoms with Crippen molar-refractivity contribution in [3.63, 3.8) is 0 Å². The number of halogens is 1. The van der Waals surface area contributed by atoms with Gasteiger partial charge in [-0.1, -0.05) is 19.1 Å². The van der Waals surface area contributed by atoms with Crippen LogP contribution in [-0.2, 0) is 0 Å². The molecule has 0 fully saturated rings. The highest BCUT2D eigenvalue weighted by molar-refractivity contribution is 6.10. The Hall–Kier alpha value is -4.13. The van der Waals surface area contributed by atoms with Gasteiger partial charge in [0.25, 0.3) is 5.91 Å². The Labute approximate surface area is 201 Å². The number of benzene rings is 3. The van der Waals surface area contributed by atoms with Gasteiger partial charge in [-0.25, -0.2) is 4.39 Å². The van der Waals surface area contributed by atoms with Crippen molar-refractivity contribution < 1.29 is 23.1 Å². The molecule has 35 heavy (non-hydrogen) atoms. The lowest BCUT2D eigenvalue weighted by molar-refractivity contribution is 0.0971. The zero-order valence-corrected chi connectivity index (χ0v) is 19.4. The second kappa shape index (κ2) is 9.25. The first kappa shape index (κ1) is 22.7. The predicted octanol–water partition coefficient (Wildman–Crippen LogP) is 5.87. The van der Waals surface area contributed by atoms with Crippen molar-refractivity contribution in [3.8, 4) is 11.5 Å². The van der Waals surface area contributed by atoms with Gasteiger partial charge in [0.05, 0.1) is 30.2 Å². The maximum Gasteiger partial charge on any atom is 0.295 e. The predicted molar refractivity (Wildman–Crippen MR) is 131 cm³/mol. The minimum atomic E-state index is -0.750. The lowest BCUT2D eigenvalue weighted by atomic mass is 9.98. The number of nitrogens with zero attached hydrogens (tertiary/aromatic N) is 1. The Bertz CT molecular complexity index is 1440. The van der Waals surface area contributed by atoms with Crippen LogP contribution in [-0.4, -0.2) is 19.1 Å². The largest absolute Gasteiger partial charge is 0.494 e. The molecule has 1 atom stereocenters. The van der Waals surface area contributed by atoms with Gasteiger partial charge in [-0.05, 0) is 73.5 Å². The van der Waals surface area contributed by atoms with E-state index in [-0.39, 0.29) is 22.3 Å². The molecule has 0 saturated carbocycles. The van der Waals surface area contributed by atoms with Gasteiger partial charge < -0.3 is 13.9 Å². The summed E-state index contributed by atoms with van der Waals surface area (Å²) in [4.78, 5) is 28.7. The van der Waals surface area contributed by atoms with Gasteiger partial charge >= 0.3 is 0 Å². The number of fused-ring (bicyclic) bond motifs is 2. The standard InChI is InChI=1S/C28H24FNO5/c1-3-15-34-21-10-5-17(6-11-21)25-24-26(31)22-16-18(29)7-14-23(22)35-27(24)28(32)30(25)19-8-12-20(13-9-19)33-4-2/h5-14,16,25H,3-4,15H2,1-2H3. The van der Waals surface area contributed by atoms with Crippen LogP contribution in [0.5, 0.6) is 11.5 Å². The number of anilines is 1. The van der Waals surface area contributed by atoms with Crippen molar-refractivity contribution >= 4 is 22.6 Å². The molecular weight excluding hydrogens is 449 g/mol. The Morgan fingerprint density at radius 1 is 0.914 bits per heavy atom. The lowest BCUT2D eigenvalue weighted by Crippen LogP contribution is -2.29. The zero-order valence-electron chi connectivity index (χ0n) is 19.4. The van der Waals surface area contributed by atoms with E-state index in [9.17, 15) is 14.0 Å². The molecule has 0 aliphatic carbocycles. The Kier molecular flexibility index (Phi) is 5.99. The molecule has 0 bridgehead atoms. The van der Waals surface area contributed by atoms with E-state index in [0.29, 0.717) is 36.0 Å². The van der Waals surface area contributed by atoms with Gasteiger partial charge in [0.1, 0.15) is 22.9 Å². The van der Waals surface area contributed by atoms with Crippen LogP contribution >= 0.6 is 0 Å². The van der Waals surface area contributed by atoms with E-state index in [1.165, 1.54) is 17.0 Å². The van der Waals surface area contributed by atoms with Gasteiger partial charge in [0.2, 0.25) is 5.76 Å². The third-order valence-electron chi connectivity index (χ3n) is 5.93. The average Bonchev–Trinajstić information content (AvgIpc) is 3.16. The molecule has 5 rings (SSSR count). The van der Waals surface area contributed by atoms with Gasteiger partial charge in [-0.15, -0.1) is 0 Å². The van der Waals surface area contributed by atoms with Crippen LogP contribution in [0.1, 0.15) is 48.0 Å². The molecule has 1 aliphatic rings. The summed E-state index contributed by atoms with van der Waals surface area (Å²) in [6, 6.07) is 17.3. The van der Waals surface area contributed by atoms with Gasteiger partial charge in [0, 0.05) is 5.69 Å². The second-order valence-electron chi connectivity index (χ2n) is 8.24. The second-order valence-corrected chi connectivity index (χ2v) is 8.24. The Morgan fingerprint density at radius 2 is 1.60 bits per heavy atom. The summed E-state index contributed by atoms with van der Waals surface area (Å²) < 4.78 is 31.1. The average molecular weight is 474 g/mol. The number of hydrogen-bond acceptors (Lipinski definition) is 5. The summed E-state index contributed by atoms with van der Waals surface area (Å²) in [5.41, 5.74) is 1.20. The first-order valence-electron chi connectivity index (χ1n) is 11.6. The van der Waals surface area contributed by atoms with Crippen LogP contribution in [0.2, 0.25) is 0 Å². The number of amides is 1. The third kappa shape index (κ3) is 4.03. The van der Waals surface area contributed by atoms with E-state index in [0.717, 1.165) is 12.5 Å². The van der Waals surface area contributed by atoms with Crippen LogP contribution in [0, 0.1) is 5.82 Å². The summed E-state index contributed by atoms with van der Waals surface area (Å²) in [5, 5.41) is 0.0954. The highest BCUT2D eigenvalue weighted by Gasteiger charge is 2.43. The van der Waals surface area contributed by atoms with Gasteiger partial charge in [-0.2, -0.15) is 0 Å². The van der Waals surface area contributed by atoms with Crippen LogP contribution in [0.25, 0.3) is 11.0 Å². The number of carbonyl (C=O) groups excluding carboxylic acids is 1. The van der Waals surface area contributed by atoms with Gasteiger partial charge in [0.15, 0.2) is 5.43 Å². The summed E-state index contributed by atoms with van der Waals surface area (Å²) in [5.74, 6) is 0.333. The molecule has 7 heteroatoms. The van der Waals surface area contributed by atoms with Crippen molar-refractivity contribution in [3.05, 3.63) is 99.7 Å². The monoisotopic (exact) mass is 473 g/mol. The molecule has 1 aliphatic heterocycles. The van der Waals surface area contributed by atoms with Crippen LogP contribution < -0.4 is 19.8 Å². The molecule has 2 heterocycles. The number of carbonyl (C=O) groups is 1. The molecule has 3 aromatic carbocycles. The Balaban J connectivity index is 1.68. The number of rotatable bonds is 7.